The zero-order chi connectivity index (χ0) is 62.4. The summed E-state index contributed by atoms with van der Waals surface area (Å²) in [6, 6.07) is 0. The van der Waals surface area contributed by atoms with Crippen molar-refractivity contribution in [1.29, 1.82) is 0 Å². The molecular formula is C58H91Br3F9NO15. The third-order valence-electron chi connectivity index (χ3n) is 21.5. The molecule has 3 saturated carbocycles. The fourth-order valence-corrected chi connectivity index (χ4v) is 17.8. The van der Waals surface area contributed by atoms with Crippen molar-refractivity contribution in [2.45, 2.75) is 254 Å². The van der Waals surface area contributed by atoms with Gasteiger partial charge in [-0.3, -0.25) is 0 Å². The first-order chi connectivity index (χ1) is 39.6. The quantitative estimate of drug-likeness (QED) is 0.0913. The Morgan fingerprint density at radius 1 is 0.453 bits per heavy atom. The fourth-order valence-electron chi connectivity index (χ4n) is 16.9. The molecule has 12 saturated heterocycles. The monoisotopic (exact) mass is 1450 g/mol. The Bertz CT molecular complexity index is 2190. The first-order valence-corrected chi connectivity index (χ1v) is 33.4. The van der Waals surface area contributed by atoms with Crippen LogP contribution in [0.3, 0.4) is 0 Å². The van der Waals surface area contributed by atoms with Crippen LogP contribution >= 0.6 is 47.8 Å². The van der Waals surface area contributed by atoms with E-state index in [4.69, 9.17) is 78.1 Å². The Morgan fingerprint density at radius 3 is 1.09 bits per heavy atom. The molecule has 86 heavy (non-hydrogen) atoms. The van der Waals surface area contributed by atoms with Gasteiger partial charge in [-0.1, -0.05) is 80.8 Å². The lowest BCUT2D eigenvalue weighted by Gasteiger charge is -2.62. The summed E-state index contributed by atoms with van der Waals surface area (Å²) in [5.74, 6) is -11.9. The average molecular weight is 1450 g/mol. The molecule has 0 aromatic rings. The van der Waals surface area contributed by atoms with Gasteiger partial charge in [0.15, 0.2) is 35.7 Å². The van der Waals surface area contributed by atoms with Crippen molar-refractivity contribution in [2.75, 3.05) is 37.0 Å². The largest absolute Gasteiger partial charge is 0.443 e. The SMILES string of the molecule is C.C[C@@H]1CC[C@H]2[C@@H](C)[C@](Br)(C(F)(F)F)O[C@@H]3O[C@]4(C)CCC1[C@]32OO4.C[C@@H]1CC[C@H]2[C@@H](C)[C@](OCCCBr)(C(F)(F)F)O[C@@H]3O[C@]4(C)CCC1[C@]32OO4.C[C@@H]1CC[C@H]2[C@@H](C)[C@](OCCCN)(C(F)(F)F)O[C@@H]3O[C@]4(C)CCC1[C@]32OO4.OCCCBr. The maximum absolute atomic E-state index is 14.4. The van der Waals surface area contributed by atoms with Crippen LogP contribution in [0.2, 0.25) is 0 Å². The minimum Gasteiger partial charge on any atom is -0.396 e. The van der Waals surface area contributed by atoms with Gasteiger partial charge in [0, 0.05) is 72.0 Å². The minimum absolute atomic E-state index is 0. The Labute approximate surface area is 524 Å². The van der Waals surface area contributed by atoms with Gasteiger partial charge in [-0.05, 0) is 156 Å². The highest BCUT2D eigenvalue weighted by Gasteiger charge is 2.80. The Kier molecular flexibility index (Phi) is 21.8. The zero-order valence-electron chi connectivity index (χ0n) is 49.8. The van der Waals surface area contributed by atoms with Crippen LogP contribution in [0.5, 0.6) is 0 Å². The highest BCUT2D eigenvalue weighted by atomic mass is 79.9. The predicted octanol–water partition coefficient (Wildman–Crippen LogP) is 14.3. The molecule has 3 N–H and O–H groups in total. The van der Waals surface area contributed by atoms with E-state index in [1.165, 1.54) is 0 Å². The topological polar surface area (TPSA) is 175 Å². The summed E-state index contributed by atoms with van der Waals surface area (Å²) in [7, 11) is 0. The van der Waals surface area contributed by atoms with Crippen LogP contribution in [0.1, 0.15) is 166 Å². The summed E-state index contributed by atoms with van der Waals surface area (Å²) in [5, 5.41) is 9.50. The number of aliphatic hydroxyl groups is 1. The summed E-state index contributed by atoms with van der Waals surface area (Å²) in [4.78, 5) is 34.5. The van der Waals surface area contributed by atoms with Crippen LogP contribution in [0.25, 0.3) is 0 Å². The summed E-state index contributed by atoms with van der Waals surface area (Å²) in [5.41, 5.74) is 2.38. The van der Waals surface area contributed by atoms with E-state index in [1.807, 2.05) is 0 Å². The van der Waals surface area contributed by atoms with Gasteiger partial charge in [-0.25, -0.2) is 29.3 Å². The van der Waals surface area contributed by atoms with Crippen molar-refractivity contribution < 1.29 is 112 Å². The number of fused-ring (bicyclic) bond motifs is 6. The van der Waals surface area contributed by atoms with Gasteiger partial charge in [0.1, 0.15) is 0 Å². The molecule has 0 radical (unpaired) electrons. The molecule has 15 aliphatic rings. The normalized spacial score (nSPS) is 49.6. The Balaban J connectivity index is 0.000000161. The molecule has 0 aromatic heterocycles. The number of rotatable bonds is 10. The number of alkyl halides is 12. The minimum atomic E-state index is -4.72. The van der Waals surface area contributed by atoms with E-state index >= 15 is 0 Å². The number of ether oxygens (including phenoxy) is 8. The average Bonchev–Trinajstić information content (AvgIpc) is 1.19. The molecule has 15 rings (SSSR count). The second-order valence-corrected chi connectivity index (χ2v) is 29.3. The van der Waals surface area contributed by atoms with Crippen LogP contribution in [0.15, 0.2) is 0 Å². The van der Waals surface area contributed by atoms with Gasteiger partial charge in [0.25, 0.3) is 11.6 Å². The smallest absolute Gasteiger partial charge is 0.396 e. The number of halogens is 12. The molecule has 12 heterocycles. The molecule has 28 heteroatoms. The van der Waals surface area contributed by atoms with E-state index in [-0.39, 0.29) is 62.7 Å². The number of hydrogen-bond acceptors (Lipinski definition) is 16. The summed E-state index contributed by atoms with van der Waals surface area (Å²) < 4.78 is 171. The lowest BCUT2D eigenvalue weighted by Crippen LogP contribution is -2.76. The first-order valence-electron chi connectivity index (χ1n) is 30.4. The van der Waals surface area contributed by atoms with Gasteiger partial charge in [-0.15, -0.1) is 0 Å². The summed E-state index contributed by atoms with van der Waals surface area (Å²) in [6.07, 6.45) is -7.55. The van der Waals surface area contributed by atoms with Crippen molar-refractivity contribution in [1.82, 2.24) is 0 Å². The van der Waals surface area contributed by atoms with Crippen LogP contribution in [0.4, 0.5) is 39.5 Å². The van der Waals surface area contributed by atoms with Crippen LogP contribution in [-0.2, 0) is 67.2 Å². The van der Waals surface area contributed by atoms with Crippen molar-refractivity contribution in [3.05, 3.63) is 0 Å². The third-order valence-corrected chi connectivity index (χ3v) is 24.0. The number of nitrogens with two attached hydrogens (primary N) is 1. The highest BCUT2D eigenvalue weighted by molar-refractivity contribution is 9.10. The lowest BCUT2D eigenvalue weighted by atomic mass is 9.57. The maximum atomic E-state index is 14.4. The molecule has 24 atom stereocenters. The molecule has 3 aliphatic carbocycles. The fraction of sp³-hybridized carbons (Fsp3) is 1.00. The molecular weight excluding hydrogens is 1360 g/mol. The molecule has 6 bridgehead atoms. The highest BCUT2D eigenvalue weighted by Crippen LogP contribution is 2.68. The van der Waals surface area contributed by atoms with E-state index in [2.05, 4.69) is 68.6 Å². The van der Waals surface area contributed by atoms with Crippen molar-refractivity contribution in [2.24, 2.45) is 76.7 Å². The van der Waals surface area contributed by atoms with E-state index in [0.717, 1.165) is 50.3 Å². The Morgan fingerprint density at radius 2 is 0.791 bits per heavy atom. The van der Waals surface area contributed by atoms with Crippen LogP contribution in [0, 0.1) is 71.0 Å². The molecule has 16 nitrogen and oxygen atoms in total. The van der Waals surface area contributed by atoms with Crippen molar-refractivity contribution in [3.8, 4) is 0 Å². The summed E-state index contributed by atoms with van der Waals surface area (Å²) >= 11 is 9.26. The van der Waals surface area contributed by atoms with Crippen molar-refractivity contribution in [3.63, 3.8) is 0 Å². The first kappa shape index (κ1) is 72.0. The third kappa shape index (κ3) is 11.9. The zero-order valence-corrected chi connectivity index (χ0v) is 54.5. The molecule has 15 fully saturated rings. The van der Waals surface area contributed by atoms with Crippen molar-refractivity contribution >= 4 is 47.8 Å². The molecule has 3 unspecified atom stereocenters. The molecule has 0 amide bonds. The van der Waals surface area contributed by atoms with Gasteiger partial charge in [0.05, 0.1) is 13.2 Å². The molecule has 502 valence electrons. The second-order valence-electron chi connectivity index (χ2n) is 26.6. The van der Waals surface area contributed by atoms with E-state index in [0.29, 0.717) is 69.2 Å². The lowest BCUT2D eigenvalue weighted by molar-refractivity contribution is -0.598. The standard InChI is InChI=1S/C19H28BrF3O5.C19H30F3NO5.C16H22BrF3O4.C3H7BrO.CH4/c1-11-5-6-14-12(2)18(19(21,22)23,24-10-4-9-20)26-15-17(14)13(11)7-8-16(3,25-15)27-28-17;1-11-5-6-14-12(2)18(19(20,21)22,24-10-4-9-23)26-15-17(14)13(11)7-8-16(3,25-15)27-28-17;1-8-4-5-11-9(2)15(17,16(18,19)20)22-12-14(11)10(8)6-7-13(3,21-12)23-24-14;4-2-1-3-5;/h11-15H,4-10H2,1-3H3;11-15H,4-10,23H2,1-3H3;8-12H,4-7H2,1-3H3;5H,1-3H2;1H4/t2*11-,12-,13?,14+,15+,16+,17-,18-;8-,9-,10?,11+,12+,13+,14-,15-;;/m111../s1. The summed E-state index contributed by atoms with van der Waals surface area (Å²) in [6.45, 7) is 16.5. The van der Waals surface area contributed by atoms with Gasteiger partial charge < -0.3 is 48.7 Å². The van der Waals surface area contributed by atoms with Gasteiger partial charge in [0.2, 0.25) is 21.9 Å². The Hall–Kier alpha value is 0.170. The molecule has 3 spiro atoms. The molecule has 12 aliphatic heterocycles. The number of hydrogen-bond donors (Lipinski definition) is 2. The van der Waals surface area contributed by atoms with E-state index in [9.17, 15) is 39.5 Å². The predicted molar refractivity (Wildman–Crippen MR) is 301 cm³/mol. The van der Waals surface area contributed by atoms with Crippen LogP contribution < -0.4 is 5.73 Å². The van der Waals surface area contributed by atoms with Gasteiger partial charge >= 0.3 is 18.5 Å². The van der Waals surface area contributed by atoms with E-state index < -0.39 is 117 Å². The maximum Gasteiger partial charge on any atom is 0.443 e. The van der Waals surface area contributed by atoms with Gasteiger partial charge in [-0.2, -0.15) is 39.5 Å². The number of aliphatic hydroxyl groups excluding tert-OH is 1. The van der Waals surface area contributed by atoms with E-state index in [1.54, 1.807) is 41.5 Å². The second kappa shape index (κ2) is 26.1. The van der Waals surface area contributed by atoms with Crippen LogP contribution in [-0.4, -0.2) is 130 Å². The molecule has 0 aromatic carbocycles.